The average Bonchev–Trinajstić information content (AvgIpc) is 2.32. The van der Waals surface area contributed by atoms with Crippen LogP contribution in [0.3, 0.4) is 0 Å². The SMILES string of the molecule is Fc1ccc2c(c1)NCC2S. The Morgan fingerprint density at radius 3 is 3.18 bits per heavy atom. The van der Waals surface area contributed by atoms with Crippen LogP contribution in [0.1, 0.15) is 10.8 Å². The van der Waals surface area contributed by atoms with Gasteiger partial charge in [-0.15, -0.1) is 0 Å². The molecule has 1 N–H and O–H groups in total. The van der Waals surface area contributed by atoms with Crippen molar-refractivity contribution in [2.75, 3.05) is 11.9 Å². The summed E-state index contributed by atoms with van der Waals surface area (Å²) >= 11 is 4.32. The number of hydrogen-bond acceptors (Lipinski definition) is 2. The maximum Gasteiger partial charge on any atom is 0.125 e. The van der Waals surface area contributed by atoms with Crippen molar-refractivity contribution in [3.63, 3.8) is 0 Å². The minimum atomic E-state index is -0.196. The summed E-state index contributed by atoms with van der Waals surface area (Å²) in [7, 11) is 0. The molecule has 1 aromatic rings. The number of anilines is 1. The molecule has 3 heteroatoms. The molecule has 0 saturated carbocycles. The summed E-state index contributed by atoms with van der Waals surface area (Å²) in [5.74, 6) is -0.196. The van der Waals surface area contributed by atoms with Crippen molar-refractivity contribution in [2.45, 2.75) is 5.25 Å². The van der Waals surface area contributed by atoms with Gasteiger partial charge in [0.1, 0.15) is 5.82 Å². The molecule has 1 aliphatic rings. The van der Waals surface area contributed by atoms with Crippen LogP contribution in [0.2, 0.25) is 0 Å². The molecule has 0 fully saturated rings. The first kappa shape index (κ1) is 6.98. The van der Waals surface area contributed by atoms with E-state index in [1.54, 1.807) is 6.07 Å². The van der Waals surface area contributed by atoms with Crippen molar-refractivity contribution in [2.24, 2.45) is 0 Å². The molecule has 0 radical (unpaired) electrons. The molecule has 1 heterocycles. The summed E-state index contributed by atoms with van der Waals surface area (Å²) in [5, 5.41) is 3.29. The first-order valence-corrected chi connectivity index (χ1v) is 4.00. The standard InChI is InChI=1S/C8H8FNS/c9-5-1-2-6-7(3-5)10-4-8(6)11/h1-3,8,10-11H,4H2. The van der Waals surface area contributed by atoms with Gasteiger partial charge in [0.25, 0.3) is 0 Å². The lowest BCUT2D eigenvalue weighted by molar-refractivity contribution is 0.628. The monoisotopic (exact) mass is 169 g/mol. The molecule has 0 spiro atoms. The average molecular weight is 169 g/mol. The fourth-order valence-corrected chi connectivity index (χ4v) is 1.61. The largest absolute Gasteiger partial charge is 0.383 e. The first-order chi connectivity index (χ1) is 5.27. The summed E-state index contributed by atoms with van der Waals surface area (Å²) < 4.78 is 12.6. The minimum Gasteiger partial charge on any atom is -0.383 e. The lowest BCUT2D eigenvalue weighted by Gasteiger charge is -1.99. The lowest BCUT2D eigenvalue weighted by Crippen LogP contribution is -1.93. The third kappa shape index (κ3) is 1.09. The minimum absolute atomic E-state index is 0.196. The molecule has 1 aliphatic heterocycles. The molecule has 2 rings (SSSR count). The van der Waals surface area contributed by atoms with E-state index in [-0.39, 0.29) is 11.1 Å². The normalized spacial score (nSPS) is 21.1. The molecule has 1 atom stereocenters. The summed E-state index contributed by atoms with van der Waals surface area (Å²) in [5.41, 5.74) is 1.97. The molecular formula is C8H8FNS. The van der Waals surface area contributed by atoms with E-state index in [0.29, 0.717) is 0 Å². The Morgan fingerprint density at radius 1 is 1.55 bits per heavy atom. The smallest absolute Gasteiger partial charge is 0.125 e. The molecule has 0 saturated heterocycles. The van der Waals surface area contributed by atoms with Gasteiger partial charge in [-0.1, -0.05) is 6.07 Å². The Balaban J connectivity index is 2.50. The molecule has 0 aromatic heterocycles. The van der Waals surface area contributed by atoms with Crippen molar-refractivity contribution >= 4 is 18.3 Å². The van der Waals surface area contributed by atoms with Crippen LogP contribution >= 0.6 is 12.6 Å². The van der Waals surface area contributed by atoms with Crippen LogP contribution in [0.4, 0.5) is 10.1 Å². The van der Waals surface area contributed by atoms with Crippen LogP contribution in [-0.4, -0.2) is 6.54 Å². The second kappa shape index (κ2) is 2.41. The molecule has 58 valence electrons. The first-order valence-electron chi connectivity index (χ1n) is 3.49. The predicted octanol–water partition coefficient (Wildman–Crippen LogP) is 2.22. The van der Waals surface area contributed by atoms with Gasteiger partial charge in [0.15, 0.2) is 0 Å². The Morgan fingerprint density at radius 2 is 2.36 bits per heavy atom. The third-order valence-electron chi connectivity index (χ3n) is 1.86. The van der Waals surface area contributed by atoms with Gasteiger partial charge in [-0.25, -0.2) is 4.39 Å². The van der Waals surface area contributed by atoms with E-state index in [1.807, 2.05) is 0 Å². The molecule has 1 nitrogen and oxygen atoms in total. The molecule has 0 amide bonds. The number of hydrogen-bond donors (Lipinski definition) is 2. The number of nitrogens with one attached hydrogen (secondary N) is 1. The highest BCUT2D eigenvalue weighted by molar-refractivity contribution is 7.80. The highest BCUT2D eigenvalue weighted by atomic mass is 32.1. The van der Waals surface area contributed by atoms with Gasteiger partial charge in [0.2, 0.25) is 0 Å². The van der Waals surface area contributed by atoms with Crippen molar-refractivity contribution in [3.8, 4) is 0 Å². The maximum atomic E-state index is 12.6. The lowest BCUT2D eigenvalue weighted by atomic mass is 10.1. The second-order valence-electron chi connectivity index (χ2n) is 2.63. The van der Waals surface area contributed by atoms with E-state index < -0.39 is 0 Å². The molecule has 0 aliphatic carbocycles. The van der Waals surface area contributed by atoms with Gasteiger partial charge >= 0.3 is 0 Å². The van der Waals surface area contributed by atoms with Crippen molar-refractivity contribution in [1.82, 2.24) is 0 Å². The summed E-state index contributed by atoms with van der Waals surface area (Å²) in [6.45, 7) is 0.794. The molecule has 0 bridgehead atoms. The van der Waals surface area contributed by atoms with Gasteiger partial charge < -0.3 is 5.32 Å². The Labute approximate surface area is 70.0 Å². The zero-order chi connectivity index (χ0) is 7.84. The zero-order valence-corrected chi connectivity index (χ0v) is 6.74. The number of halogens is 1. The van der Waals surface area contributed by atoms with E-state index in [9.17, 15) is 4.39 Å². The van der Waals surface area contributed by atoms with E-state index >= 15 is 0 Å². The summed E-state index contributed by atoms with van der Waals surface area (Å²) in [4.78, 5) is 0. The van der Waals surface area contributed by atoms with Crippen LogP contribution in [0, 0.1) is 5.82 Å². The van der Waals surface area contributed by atoms with Gasteiger partial charge in [0, 0.05) is 17.5 Å². The van der Waals surface area contributed by atoms with E-state index in [0.717, 1.165) is 17.8 Å². The van der Waals surface area contributed by atoms with Gasteiger partial charge in [-0.2, -0.15) is 12.6 Å². The van der Waals surface area contributed by atoms with Crippen LogP contribution in [0.25, 0.3) is 0 Å². The number of rotatable bonds is 0. The quantitative estimate of drug-likeness (QED) is 0.567. The Hall–Kier alpha value is -0.700. The predicted molar refractivity (Wildman–Crippen MR) is 46.6 cm³/mol. The van der Waals surface area contributed by atoms with E-state index in [2.05, 4.69) is 17.9 Å². The van der Waals surface area contributed by atoms with Crippen molar-refractivity contribution in [3.05, 3.63) is 29.6 Å². The van der Waals surface area contributed by atoms with Crippen molar-refractivity contribution in [1.29, 1.82) is 0 Å². The maximum absolute atomic E-state index is 12.6. The highest BCUT2D eigenvalue weighted by Gasteiger charge is 2.18. The summed E-state index contributed by atoms with van der Waals surface area (Å²) in [6, 6.07) is 4.75. The van der Waals surface area contributed by atoms with Gasteiger partial charge in [-0.05, 0) is 17.7 Å². The van der Waals surface area contributed by atoms with Gasteiger partial charge in [0.05, 0.1) is 0 Å². The topological polar surface area (TPSA) is 12.0 Å². The number of benzene rings is 1. The van der Waals surface area contributed by atoms with E-state index in [4.69, 9.17) is 0 Å². The van der Waals surface area contributed by atoms with Crippen LogP contribution in [-0.2, 0) is 0 Å². The fourth-order valence-electron chi connectivity index (χ4n) is 1.29. The highest BCUT2D eigenvalue weighted by Crippen LogP contribution is 2.33. The van der Waals surface area contributed by atoms with Crippen LogP contribution < -0.4 is 5.32 Å². The molecule has 1 aromatic carbocycles. The summed E-state index contributed by atoms with van der Waals surface area (Å²) in [6.07, 6.45) is 0. The van der Waals surface area contributed by atoms with Crippen LogP contribution in [0.15, 0.2) is 18.2 Å². The molecule has 1 unspecified atom stereocenters. The zero-order valence-electron chi connectivity index (χ0n) is 5.84. The van der Waals surface area contributed by atoms with Crippen LogP contribution in [0.5, 0.6) is 0 Å². The number of fused-ring (bicyclic) bond motifs is 1. The molecule has 11 heavy (non-hydrogen) atoms. The second-order valence-corrected chi connectivity index (χ2v) is 3.25. The fraction of sp³-hybridized carbons (Fsp3) is 0.250. The number of thiol groups is 1. The van der Waals surface area contributed by atoms with Crippen molar-refractivity contribution < 1.29 is 4.39 Å². The Bertz CT molecular complexity index is 287. The van der Waals surface area contributed by atoms with Gasteiger partial charge in [-0.3, -0.25) is 0 Å². The third-order valence-corrected chi connectivity index (χ3v) is 2.32. The Kier molecular flexibility index (Phi) is 1.53. The van der Waals surface area contributed by atoms with E-state index in [1.165, 1.54) is 12.1 Å². The molecular weight excluding hydrogens is 161 g/mol.